The molecule has 1 aromatic carbocycles. The smallest absolute Gasteiger partial charge is 0.344 e. The van der Waals surface area contributed by atoms with E-state index < -0.39 is 5.97 Å². The zero-order chi connectivity index (χ0) is 12.7. The summed E-state index contributed by atoms with van der Waals surface area (Å²) in [5.74, 6) is 0.154. The standard InChI is InChI=1S/C12H15NO4/c1-9(2)17-12(14)8-16-11-5-3-10(4-6-11)7-13-15/h3-7,9,15H,8H2,1-2H3/b13-7-. The highest BCUT2D eigenvalue weighted by Crippen LogP contribution is 2.11. The lowest BCUT2D eigenvalue weighted by atomic mass is 10.2. The van der Waals surface area contributed by atoms with Gasteiger partial charge in [0.1, 0.15) is 5.75 Å². The molecule has 0 amide bonds. The van der Waals surface area contributed by atoms with E-state index in [0.717, 1.165) is 5.56 Å². The molecule has 0 aromatic heterocycles. The fourth-order valence-corrected chi connectivity index (χ4v) is 1.16. The highest BCUT2D eigenvalue weighted by atomic mass is 16.6. The van der Waals surface area contributed by atoms with E-state index in [1.165, 1.54) is 6.21 Å². The van der Waals surface area contributed by atoms with Gasteiger partial charge in [0.15, 0.2) is 6.61 Å². The molecule has 0 aliphatic rings. The van der Waals surface area contributed by atoms with Crippen LogP contribution in [-0.2, 0) is 9.53 Å². The fourth-order valence-electron chi connectivity index (χ4n) is 1.16. The predicted molar refractivity (Wildman–Crippen MR) is 62.5 cm³/mol. The van der Waals surface area contributed by atoms with Crippen molar-refractivity contribution in [3.8, 4) is 5.75 Å². The van der Waals surface area contributed by atoms with Gasteiger partial charge in [-0.25, -0.2) is 4.79 Å². The Balaban J connectivity index is 2.44. The van der Waals surface area contributed by atoms with Crippen molar-refractivity contribution in [3.05, 3.63) is 29.8 Å². The van der Waals surface area contributed by atoms with Crippen LogP contribution < -0.4 is 4.74 Å². The van der Waals surface area contributed by atoms with Crippen molar-refractivity contribution in [1.82, 2.24) is 0 Å². The van der Waals surface area contributed by atoms with Crippen molar-refractivity contribution in [3.63, 3.8) is 0 Å². The van der Waals surface area contributed by atoms with E-state index in [1.807, 2.05) is 0 Å². The Morgan fingerprint density at radius 3 is 2.59 bits per heavy atom. The molecule has 0 saturated carbocycles. The molecule has 5 heteroatoms. The van der Waals surface area contributed by atoms with Gasteiger partial charge in [-0.2, -0.15) is 0 Å². The summed E-state index contributed by atoms with van der Waals surface area (Å²) in [5, 5.41) is 11.2. The first-order valence-electron chi connectivity index (χ1n) is 5.21. The van der Waals surface area contributed by atoms with E-state index in [1.54, 1.807) is 38.1 Å². The van der Waals surface area contributed by atoms with Crippen molar-refractivity contribution in [1.29, 1.82) is 0 Å². The maximum atomic E-state index is 11.2. The molecule has 92 valence electrons. The number of carbonyl (C=O) groups is 1. The van der Waals surface area contributed by atoms with Crippen LogP contribution in [0.15, 0.2) is 29.4 Å². The quantitative estimate of drug-likeness (QED) is 0.367. The van der Waals surface area contributed by atoms with E-state index >= 15 is 0 Å². The minimum absolute atomic E-state index is 0.119. The lowest BCUT2D eigenvalue weighted by Crippen LogP contribution is -2.18. The first kappa shape index (κ1) is 13.0. The minimum atomic E-state index is -0.402. The number of hydrogen-bond donors (Lipinski definition) is 1. The zero-order valence-electron chi connectivity index (χ0n) is 9.79. The highest BCUT2D eigenvalue weighted by molar-refractivity contribution is 5.79. The SMILES string of the molecule is CC(C)OC(=O)COc1ccc(/C=N\O)cc1. The molecule has 5 nitrogen and oxygen atoms in total. The number of esters is 1. The van der Waals surface area contributed by atoms with Gasteiger partial charge in [0, 0.05) is 0 Å². The van der Waals surface area contributed by atoms with Crippen LogP contribution in [0.25, 0.3) is 0 Å². The van der Waals surface area contributed by atoms with Gasteiger partial charge in [0.2, 0.25) is 0 Å². The lowest BCUT2D eigenvalue weighted by Gasteiger charge is -2.09. The molecule has 0 radical (unpaired) electrons. The molecule has 0 spiro atoms. The molecule has 0 bridgehead atoms. The van der Waals surface area contributed by atoms with E-state index in [2.05, 4.69) is 5.16 Å². The molecule has 0 fully saturated rings. The summed E-state index contributed by atoms with van der Waals surface area (Å²) in [7, 11) is 0. The number of carbonyl (C=O) groups excluding carboxylic acids is 1. The summed E-state index contributed by atoms with van der Waals surface area (Å²) < 4.78 is 10.1. The normalized spacial score (nSPS) is 10.8. The fraction of sp³-hybridized carbons (Fsp3) is 0.333. The van der Waals surface area contributed by atoms with Crippen molar-refractivity contribution < 1.29 is 19.5 Å². The Bertz CT molecular complexity index is 384. The van der Waals surface area contributed by atoms with Crippen LogP contribution in [-0.4, -0.2) is 30.1 Å². The molecular formula is C12H15NO4. The van der Waals surface area contributed by atoms with E-state index in [0.29, 0.717) is 5.75 Å². The number of ether oxygens (including phenoxy) is 2. The van der Waals surface area contributed by atoms with Crippen molar-refractivity contribution in [2.45, 2.75) is 20.0 Å². The summed E-state index contributed by atoms with van der Waals surface area (Å²) in [4.78, 5) is 11.2. The van der Waals surface area contributed by atoms with Crippen molar-refractivity contribution in [2.24, 2.45) is 5.16 Å². The van der Waals surface area contributed by atoms with Gasteiger partial charge in [-0.3, -0.25) is 0 Å². The highest BCUT2D eigenvalue weighted by Gasteiger charge is 2.06. The Morgan fingerprint density at radius 2 is 2.06 bits per heavy atom. The molecule has 17 heavy (non-hydrogen) atoms. The number of oxime groups is 1. The monoisotopic (exact) mass is 237 g/mol. The zero-order valence-corrected chi connectivity index (χ0v) is 9.79. The Hall–Kier alpha value is -2.04. The van der Waals surface area contributed by atoms with Crippen LogP contribution in [0.1, 0.15) is 19.4 Å². The van der Waals surface area contributed by atoms with Crippen LogP contribution >= 0.6 is 0 Å². The molecule has 0 aliphatic carbocycles. The molecule has 0 unspecified atom stereocenters. The second-order valence-corrected chi connectivity index (χ2v) is 3.64. The van der Waals surface area contributed by atoms with Crippen molar-refractivity contribution >= 4 is 12.2 Å². The van der Waals surface area contributed by atoms with Crippen LogP contribution in [0.3, 0.4) is 0 Å². The summed E-state index contributed by atoms with van der Waals surface area (Å²) in [5.41, 5.74) is 0.740. The molecule has 1 rings (SSSR count). The third kappa shape index (κ3) is 5.01. The van der Waals surface area contributed by atoms with Gasteiger partial charge in [0.05, 0.1) is 12.3 Å². The Labute approximate surface area is 99.7 Å². The maximum Gasteiger partial charge on any atom is 0.344 e. The first-order valence-corrected chi connectivity index (χ1v) is 5.21. The second-order valence-electron chi connectivity index (χ2n) is 3.64. The van der Waals surface area contributed by atoms with Crippen LogP contribution in [0.5, 0.6) is 5.75 Å². The van der Waals surface area contributed by atoms with Crippen LogP contribution in [0.2, 0.25) is 0 Å². The molecule has 1 aromatic rings. The molecule has 1 N–H and O–H groups in total. The molecule has 0 atom stereocenters. The van der Waals surface area contributed by atoms with Gasteiger partial charge >= 0.3 is 5.97 Å². The average molecular weight is 237 g/mol. The number of nitrogens with zero attached hydrogens (tertiary/aromatic N) is 1. The van der Waals surface area contributed by atoms with Gasteiger partial charge in [0.25, 0.3) is 0 Å². The first-order chi connectivity index (χ1) is 8.11. The van der Waals surface area contributed by atoms with Crippen LogP contribution in [0, 0.1) is 0 Å². The van der Waals surface area contributed by atoms with Crippen molar-refractivity contribution in [2.75, 3.05) is 6.61 Å². The summed E-state index contributed by atoms with van der Waals surface area (Å²) >= 11 is 0. The molecule has 0 aliphatic heterocycles. The Kier molecular flexibility index (Phi) is 5.00. The second kappa shape index (κ2) is 6.52. The van der Waals surface area contributed by atoms with Gasteiger partial charge in [-0.05, 0) is 43.7 Å². The van der Waals surface area contributed by atoms with E-state index in [4.69, 9.17) is 14.7 Å². The third-order valence-corrected chi connectivity index (χ3v) is 1.81. The molecular weight excluding hydrogens is 222 g/mol. The van der Waals surface area contributed by atoms with Gasteiger partial charge < -0.3 is 14.7 Å². The number of rotatable bonds is 5. The topological polar surface area (TPSA) is 68.1 Å². The largest absolute Gasteiger partial charge is 0.482 e. The van der Waals surface area contributed by atoms with Gasteiger partial charge in [-0.1, -0.05) is 5.16 Å². The Morgan fingerprint density at radius 1 is 1.41 bits per heavy atom. The molecule has 0 heterocycles. The number of benzene rings is 1. The summed E-state index contributed by atoms with van der Waals surface area (Å²) in [6, 6.07) is 6.78. The molecule has 0 saturated heterocycles. The van der Waals surface area contributed by atoms with E-state index in [9.17, 15) is 4.79 Å². The predicted octanol–water partition coefficient (Wildman–Crippen LogP) is 1.83. The lowest BCUT2D eigenvalue weighted by molar-refractivity contribution is -0.149. The number of hydrogen-bond acceptors (Lipinski definition) is 5. The van der Waals surface area contributed by atoms with E-state index in [-0.39, 0.29) is 12.7 Å². The maximum absolute atomic E-state index is 11.2. The van der Waals surface area contributed by atoms with Gasteiger partial charge in [-0.15, -0.1) is 0 Å². The minimum Gasteiger partial charge on any atom is -0.482 e. The van der Waals surface area contributed by atoms with Crippen LogP contribution in [0.4, 0.5) is 0 Å². The summed E-state index contributed by atoms with van der Waals surface area (Å²) in [6.07, 6.45) is 1.16. The summed E-state index contributed by atoms with van der Waals surface area (Å²) in [6.45, 7) is 3.44. The average Bonchev–Trinajstić information content (AvgIpc) is 2.28. The third-order valence-electron chi connectivity index (χ3n) is 1.81.